The average molecular weight is 585 g/mol. The Morgan fingerprint density at radius 1 is 1.00 bits per heavy atom. The third kappa shape index (κ3) is 8.61. The van der Waals surface area contributed by atoms with Gasteiger partial charge in [0.05, 0.1) is 11.9 Å². The Hall–Kier alpha value is -2.29. The number of nitrogens with one attached hydrogen (secondary N) is 1. The third-order valence-corrected chi connectivity index (χ3v) is 8.17. The SMILES string of the molecule is CC[C@H](C(=O)N[C@@H](C)CC)N(Cc1ccc(Cl)cc1Cl)C(=O)CN(c1ccc(C(C)(C)C)cc1)S(C)(=O)=O. The minimum absolute atomic E-state index is 0.0157. The Balaban J connectivity index is 2.49. The van der Waals surface area contributed by atoms with E-state index in [4.69, 9.17) is 23.2 Å². The number of hydrogen-bond acceptors (Lipinski definition) is 4. The Bertz CT molecular complexity index is 1230. The van der Waals surface area contributed by atoms with Gasteiger partial charge >= 0.3 is 0 Å². The summed E-state index contributed by atoms with van der Waals surface area (Å²) in [5.74, 6) is -0.826. The van der Waals surface area contributed by atoms with Gasteiger partial charge in [-0.1, -0.05) is 76.0 Å². The van der Waals surface area contributed by atoms with Gasteiger partial charge in [-0.15, -0.1) is 0 Å². The zero-order valence-electron chi connectivity index (χ0n) is 23.2. The molecule has 2 aromatic rings. The topological polar surface area (TPSA) is 86.8 Å². The van der Waals surface area contributed by atoms with Crippen LogP contribution in [0.25, 0.3) is 0 Å². The highest BCUT2D eigenvalue weighted by Crippen LogP contribution is 2.27. The first kappa shape index (κ1) is 31.9. The second-order valence-corrected chi connectivity index (χ2v) is 13.3. The van der Waals surface area contributed by atoms with Gasteiger partial charge in [-0.25, -0.2) is 8.42 Å². The molecular formula is C28H39Cl2N3O4S. The zero-order valence-corrected chi connectivity index (χ0v) is 25.5. The largest absolute Gasteiger partial charge is 0.352 e. The molecule has 0 saturated heterocycles. The van der Waals surface area contributed by atoms with Gasteiger partial charge in [0.2, 0.25) is 21.8 Å². The predicted octanol–water partition coefficient (Wildman–Crippen LogP) is 5.78. The van der Waals surface area contributed by atoms with Crippen molar-refractivity contribution >= 4 is 50.7 Å². The molecule has 1 N–H and O–H groups in total. The lowest BCUT2D eigenvalue weighted by Gasteiger charge is -2.33. The fourth-order valence-electron chi connectivity index (χ4n) is 3.94. The van der Waals surface area contributed by atoms with Gasteiger partial charge in [-0.05, 0) is 60.6 Å². The normalized spacial score (nSPS) is 13.5. The summed E-state index contributed by atoms with van der Waals surface area (Å²) in [5.41, 5.74) is 1.89. The Morgan fingerprint density at radius 2 is 1.61 bits per heavy atom. The maximum atomic E-state index is 13.8. The molecule has 10 heteroatoms. The second-order valence-electron chi connectivity index (χ2n) is 10.6. The van der Waals surface area contributed by atoms with Gasteiger partial charge in [-0.3, -0.25) is 13.9 Å². The lowest BCUT2D eigenvalue weighted by atomic mass is 9.87. The summed E-state index contributed by atoms with van der Waals surface area (Å²) in [5, 5.41) is 3.74. The Labute approximate surface area is 237 Å². The van der Waals surface area contributed by atoms with Gasteiger partial charge in [0.25, 0.3) is 0 Å². The van der Waals surface area contributed by atoms with Crippen molar-refractivity contribution in [1.82, 2.24) is 10.2 Å². The van der Waals surface area contributed by atoms with Crippen LogP contribution in [0.2, 0.25) is 10.0 Å². The maximum absolute atomic E-state index is 13.8. The van der Waals surface area contributed by atoms with E-state index in [9.17, 15) is 18.0 Å². The molecule has 0 radical (unpaired) electrons. The molecule has 0 heterocycles. The molecule has 7 nitrogen and oxygen atoms in total. The summed E-state index contributed by atoms with van der Waals surface area (Å²) in [6, 6.07) is 11.1. The van der Waals surface area contributed by atoms with Crippen LogP contribution in [0.5, 0.6) is 0 Å². The summed E-state index contributed by atoms with van der Waals surface area (Å²) < 4.78 is 26.7. The van der Waals surface area contributed by atoms with Crippen molar-refractivity contribution in [2.24, 2.45) is 0 Å². The van der Waals surface area contributed by atoms with E-state index in [1.54, 1.807) is 30.3 Å². The summed E-state index contributed by atoms with van der Waals surface area (Å²) in [7, 11) is -3.82. The molecule has 2 atom stereocenters. The molecular weight excluding hydrogens is 545 g/mol. The van der Waals surface area contributed by atoms with Crippen molar-refractivity contribution in [1.29, 1.82) is 0 Å². The molecule has 0 fully saturated rings. The van der Waals surface area contributed by atoms with Crippen LogP contribution in [0.15, 0.2) is 42.5 Å². The molecule has 2 rings (SSSR count). The van der Waals surface area contributed by atoms with Crippen molar-refractivity contribution in [3.8, 4) is 0 Å². The molecule has 0 aliphatic heterocycles. The van der Waals surface area contributed by atoms with Gasteiger partial charge in [-0.2, -0.15) is 0 Å². The highest BCUT2D eigenvalue weighted by molar-refractivity contribution is 7.92. The highest BCUT2D eigenvalue weighted by atomic mass is 35.5. The number of halogens is 2. The lowest BCUT2D eigenvalue weighted by Crippen LogP contribution is -2.53. The minimum atomic E-state index is -3.82. The lowest BCUT2D eigenvalue weighted by molar-refractivity contribution is -0.140. The molecule has 0 spiro atoms. The van der Waals surface area contributed by atoms with E-state index in [1.807, 2.05) is 32.9 Å². The second kappa shape index (κ2) is 13.2. The zero-order chi connectivity index (χ0) is 28.8. The van der Waals surface area contributed by atoms with Crippen molar-refractivity contribution < 1.29 is 18.0 Å². The number of amides is 2. The first-order valence-corrected chi connectivity index (χ1v) is 15.3. The van der Waals surface area contributed by atoms with Gasteiger partial charge in [0.15, 0.2) is 0 Å². The fourth-order valence-corrected chi connectivity index (χ4v) is 5.25. The van der Waals surface area contributed by atoms with Crippen molar-refractivity contribution in [3.63, 3.8) is 0 Å². The van der Waals surface area contributed by atoms with Crippen LogP contribution in [0.4, 0.5) is 5.69 Å². The number of carbonyl (C=O) groups excluding carboxylic acids is 2. The van der Waals surface area contributed by atoms with E-state index in [1.165, 1.54) is 4.90 Å². The van der Waals surface area contributed by atoms with E-state index >= 15 is 0 Å². The van der Waals surface area contributed by atoms with Gasteiger partial charge in [0.1, 0.15) is 12.6 Å². The molecule has 0 aromatic heterocycles. The molecule has 0 unspecified atom stereocenters. The van der Waals surface area contributed by atoms with Crippen molar-refractivity contribution in [2.45, 2.75) is 78.4 Å². The van der Waals surface area contributed by atoms with Crippen molar-refractivity contribution in [3.05, 3.63) is 63.6 Å². The highest BCUT2D eigenvalue weighted by Gasteiger charge is 2.32. The van der Waals surface area contributed by atoms with E-state index in [-0.39, 0.29) is 23.9 Å². The fraction of sp³-hybridized carbons (Fsp3) is 0.500. The summed E-state index contributed by atoms with van der Waals surface area (Å²) in [6.45, 7) is 11.4. The van der Waals surface area contributed by atoms with Crippen LogP contribution in [-0.4, -0.2) is 50.0 Å². The van der Waals surface area contributed by atoms with E-state index < -0.39 is 28.5 Å². The first-order chi connectivity index (χ1) is 17.6. The molecule has 210 valence electrons. The number of benzene rings is 2. The van der Waals surface area contributed by atoms with Crippen LogP contribution in [-0.2, 0) is 31.6 Å². The van der Waals surface area contributed by atoms with Gasteiger partial charge in [0, 0.05) is 22.6 Å². The number of anilines is 1. The maximum Gasteiger partial charge on any atom is 0.244 e. The van der Waals surface area contributed by atoms with E-state index in [2.05, 4.69) is 26.1 Å². The number of nitrogens with zero attached hydrogens (tertiary/aromatic N) is 2. The molecule has 0 bridgehead atoms. The van der Waals surface area contributed by atoms with Crippen molar-refractivity contribution in [2.75, 3.05) is 17.1 Å². The molecule has 2 aromatic carbocycles. The van der Waals surface area contributed by atoms with Crippen LogP contribution < -0.4 is 9.62 Å². The van der Waals surface area contributed by atoms with Crippen LogP contribution in [0.1, 0.15) is 65.5 Å². The standard InChI is InChI=1S/C28H39Cl2N3O4S/c1-8-19(3)31-27(35)25(9-2)32(17-20-10-13-22(29)16-24(20)30)26(34)18-33(38(7,36)37)23-14-11-21(12-15-23)28(4,5)6/h10-16,19,25H,8-9,17-18H2,1-7H3,(H,31,35)/t19-,25+/m0/s1. The number of sulfonamides is 1. The molecule has 0 aliphatic carbocycles. The minimum Gasteiger partial charge on any atom is -0.352 e. The monoisotopic (exact) mass is 583 g/mol. The molecule has 2 amide bonds. The number of hydrogen-bond donors (Lipinski definition) is 1. The Morgan fingerprint density at radius 3 is 2.08 bits per heavy atom. The Kier molecular flexibility index (Phi) is 11.1. The number of carbonyl (C=O) groups is 2. The van der Waals surface area contributed by atoms with Gasteiger partial charge < -0.3 is 10.2 Å². The van der Waals surface area contributed by atoms with E-state index in [0.717, 1.165) is 22.5 Å². The van der Waals surface area contributed by atoms with Crippen LogP contribution in [0.3, 0.4) is 0 Å². The molecule has 0 saturated carbocycles. The quantitative estimate of drug-likeness (QED) is 0.363. The number of rotatable bonds is 11. The third-order valence-electron chi connectivity index (χ3n) is 6.44. The molecule has 0 aliphatic rings. The molecule has 38 heavy (non-hydrogen) atoms. The first-order valence-electron chi connectivity index (χ1n) is 12.7. The van der Waals surface area contributed by atoms with E-state index in [0.29, 0.717) is 27.7 Å². The average Bonchev–Trinajstić information content (AvgIpc) is 2.82. The van der Waals surface area contributed by atoms with Crippen LogP contribution >= 0.6 is 23.2 Å². The summed E-state index contributed by atoms with van der Waals surface area (Å²) in [4.78, 5) is 28.4. The van der Waals surface area contributed by atoms with Crippen LogP contribution in [0, 0.1) is 0 Å². The smallest absolute Gasteiger partial charge is 0.244 e. The predicted molar refractivity (Wildman–Crippen MR) is 156 cm³/mol. The summed E-state index contributed by atoms with van der Waals surface area (Å²) in [6.07, 6.45) is 2.12. The summed E-state index contributed by atoms with van der Waals surface area (Å²) >= 11 is 12.5.